The van der Waals surface area contributed by atoms with Crippen LogP contribution in [0.3, 0.4) is 0 Å². The first-order chi connectivity index (χ1) is 10.2. The molecule has 0 radical (unpaired) electrons. The van der Waals surface area contributed by atoms with Crippen molar-refractivity contribution in [2.45, 2.75) is 31.5 Å². The molecule has 1 fully saturated rings. The van der Waals surface area contributed by atoms with E-state index in [9.17, 15) is 4.79 Å². The number of carboxylic acid groups (broad SMARTS) is 1. The molecule has 0 atom stereocenters. The van der Waals surface area contributed by atoms with Crippen molar-refractivity contribution < 1.29 is 14.6 Å². The van der Waals surface area contributed by atoms with E-state index in [4.69, 9.17) is 9.84 Å². The molecule has 21 heavy (non-hydrogen) atoms. The quantitative estimate of drug-likeness (QED) is 0.902. The summed E-state index contributed by atoms with van der Waals surface area (Å²) in [7, 11) is 0. The first kappa shape index (κ1) is 13.8. The molecule has 0 aromatic heterocycles. The fourth-order valence-corrected chi connectivity index (χ4v) is 2.75. The number of aromatic carboxylic acids is 1. The fourth-order valence-electron chi connectivity index (χ4n) is 2.75. The molecule has 1 saturated carbocycles. The van der Waals surface area contributed by atoms with Gasteiger partial charge in [0, 0.05) is 0 Å². The lowest BCUT2D eigenvalue weighted by Crippen LogP contribution is -2.37. The molecule has 0 bridgehead atoms. The molecule has 0 aliphatic heterocycles. The zero-order valence-electron chi connectivity index (χ0n) is 11.8. The second-order valence-corrected chi connectivity index (χ2v) is 5.51. The van der Waals surface area contributed by atoms with Crippen molar-refractivity contribution in [2.75, 3.05) is 0 Å². The summed E-state index contributed by atoms with van der Waals surface area (Å²) in [6.07, 6.45) is 3.01. The maximum Gasteiger partial charge on any atom is 0.335 e. The van der Waals surface area contributed by atoms with E-state index in [0.29, 0.717) is 12.2 Å². The molecule has 0 unspecified atom stereocenters. The number of hydrogen-bond donors (Lipinski definition) is 1. The molecule has 0 spiro atoms. The highest BCUT2D eigenvalue weighted by molar-refractivity contribution is 5.87. The number of hydrogen-bond acceptors (Lipinski definition) is 2. The average molecular weight is 282 g/mol. The van der Waals surface area contributed by atoms with Crippen LogP contribution in [0.25, 0.3) is 0 Å². The lowest BCUT2D eigenvalue weighted by Gasteiger charge is -2.42. The first-order valence-electron chi connectivity index (χ1n) is 7.21. The Morgan fingerprint density at radius 1 is 1.10 bits per heavy atom. The van der Waals surface area contributed by atoms with Gasteiger partial charge in [0.2, 0.25) is 0 Å². The molecule has 0 saturated heterocycles. The van der Waals surface area contributed by atoms with Crippen LogP contribution in [0.1, 0.15) is 40.7 Å². The Kier molecular flexibility index (Phi) is 3.76. The third-order valence-electron chi connectivity index (χ3n) is 4.15. The maximum atomic E-state index is 11.1. The highest BCUT2D eigenvalue weighted by Crippen LogP contribution is 2.45. The van der Waals surface area contributed by atoms with E-state index < -0.39 is 5.97 Å². The Bertz CT molecular complexity index is 630. The van der Waals surface area contributed by atoms with E-state index in [1.165, 1.54) is 0 Å². The highest BCUT2D eigenvalue weighted by Gasteiger charge is 2.40. The summed E-state index contributed by atoms with van der Waals surface area (Å²) >= 11 is 0. The van der Waals surface area contributed by atoms with Gasteiger partial charge >= 0.3 is 5.97 Å². The number of carboxylic acids is 1. The minimum atomic E-state index is -0.894. The van der Waals surface area contributed by atoms with E-state index in [1.54, 1.807) is 18.2 Å². The summed E-state index contributed by atoms with van der Waals surface area (Å²) in [4.78, 5) is 11.1. The molecule has 2 aromatic carbocycles. The van der Waals surface area contributed by atoms with E-state index in [0.717, 1.165) is 30.4 Å². The first-order valence-corrected chi connectivity index (χ1v) is 7.21. The Balaban J connectivity index is 1.80. The monoisotopic (exact) mass is 282 g/mol. The summed E-state index contributed by atoms with van der Waals surface area (Å²) in [5, 5.41) is 9.13. The van der Waals surface area contributed by atoms with Crippen LogP contribution in [0.2, 0.25) is 0 Å². The largest absolute Gasteiger partial charge is 0.478 e. The zero-order valence-corrected chi connectivity index (χ0v) is 11.8. The van der Waals surface area contributed by atoms with Crippen LogP contribution in [-0.4, -0.2) is 11.1 Å². The van der Waals surface area contributed by atoms with Crippen LogP contribution in [0, 0.1) is 0 Å². The van der Waals surface area contributed by atoms with Crippen molar-refractivity contribution in [3.05, 3.63) is 71.3 Å². The highest BCUT2D eigenvalue weighted by atomic mass is 16.5. The second-order valence-electron chi connectivity index (χ2n) is 5.51. The molecule has 0 heterocycles. The Morgan fingerprint density at radius 2 is 1.86 bits per heavy atom. The van der Waals surface area contributed by atoms with Crippen molar-refractivity contribution >= 4 is 5.97 Å². The van der Waals surface area contributed by atoms with Gasteiger partial charge in [-0.25, -0.2) is 4.79 Å². The number of benzene rings is 2. The smallest absolute Gasteiger partial charge is 0.335 e. The van der Waals surface area contributed by atoms with Gasteiger partial charge in [0.1, 0.15) is 0 Å². The Labute approximate surface area is 124 Å². The molecule has 1 aliphatic carbocycles. The summed E-state index contributed by atoms with van der Waals surface area (Å²) in [5.74, 6) is -0.894. The molecule has 3 heteroatoms. The van der Waals surface area contributed by atoms with E-state index >= 15 is 0 Å². The third kappa shape index (κ3) is 2.83. The van der Waals surface area contributed by atoms with Crippen LogP contribution in [0.5, 0.6) is 0 Å². The second kappa shape index (κ2) is 5.70. The molecule has 3 nitrogen and oxygen atoms in total. The van der Waals surface area contributed by atoms with Gasteiger partial charge in [0.15, 0.2) is 0 Å². The number of carbonyl (C=O) groups is 1. The maximum absolute atomic E-state index is 11.1. The normalized spacial score (nSPS) is 16.2. The zero-order chi connectivity index (χ0) is 14.7. The predicted octanol–water partition coefficient (Wildman–Crippen LogP) is 3.98. The van der Waals surface area contributed by atoms with Crippen LogP contribution in [-0.2, 0) is 16.9 Å². The molecular formula is C18H18O3. The van der Waals surface area contributed by atoms with Crippen LogP contribution < -0.4 is 0 Å². The lowest BCUT2D eigenvalue weighted by atomic mass is 9.74. The summed E-state index contributed by atoms with van der Waals surface area (Å²) in [6.45, 7) is 0.554. The van der Waals surface area contributed by atoms with Crippen molar-refractivity contribution in [1.29, 1.82) is 0 Å². The molecule has 108 valence electrons. The molecule has 1 aliphatic rings. The number of rotatable bonds is 5. The summed E-state index contributed by atoms with van der Waals surface area (Å²) in [6, 6.07) is 17.2. The minimum Gasteiger partial charge on any atom is -0.478 e. The van der Waals surface area contributed by atoms with Gasteiger partial charge in [0.25, 0.3) is 0 Å². The van der Waals surface area contributed by atoms with Gasteiger partial charge in [-0.2, -0.15) is 0 Å². The Hall–Kier alpha value is -2.13. The molecule has 1 N–H and O–H groups in total. The van der Waals surface area contributed by atoms with Crippen LogP contribution in [0.4, 0.5) is 0 Å². The standard InChI is InChI=1S/C18H18O3/c19-17(20)15-8-4-9-16(12-15)18(10-5-11-18)21-13-14-6-2-1-3-7-14/h1-4,6-9,12H,5,10-11,13H2,(H,19,20). The van der Waals surface area contributed by atoms with Gasteiger partial charge in [-0.05, 0) is 42.5 Å². The lowest BCUT2D eigenvalue weighted by molar-refractivity contribution is -0.116. The van der Waals surface area contributed by atoms with Gasteiger partial charge in [0.05, 0.1) is 17.8 Å². The molecule has 2 aromatic rings. The van der Waals surface area contributed by atoms with E-state index in [-0.39, 0.29) is 5.60 Å². The van der Waals surface area contributed by atoms with E-state index in [2.05, 4.69) is 0 Å². The summed E-state index contributed by atoms with van der Waals surface area (Å²) in [5.41, 5.74) is 2.12. The van der Waals surface area contributed by atoms with Gasteiger partial charge in [-0.15, -0.1) is 0 Å². The van der Waals surface area contributed by atoms with Gasteiger partial charge < -0.3 is 9.84 Å². The van der Waals surface area contributed by atoms with Gasteiger partial charge in [-0.1, -0.05) is 42.5 Å². The summed E-state index contributed by atoms with van der Waals surface area (Å²) < 4.78 is 6.18. The average Bonchev–Trinajstić information content (AvgIpc) is 2.47. The van der Waals surface area contributed by atoms with Crippen molar-refractivity contribution in [3.8, 4) is 0 Å². The van der Waals surface area contributed by atoms with Crippen molar-refractivity contribution in [1.82, 2.24) is 0 Å². The number of ether oxygens (including phenoxy) is 1. The SMILES string of the molecule is O=C(O)c1cccc(C2(OCc3ccccc3)CCC2)c1. The predicted molar refractivity (Wildman–Crippen MR) is 80.2 cm³/mol. The minimum absolute atomic E-state index is 0.318. The van der Waals surface area contributed by atoms with Crippen molar-refractivity contribution in [2.24, 2.45) is 0 Å². The Morgan fingerprint density at radius 3 is 2.48 bits per heavy atom. The van der Waals surface area contributed by atoms with E-state index in [1.807, 2.05) is 36.4 Å². The van der Waals surface area contributed by atoms with Crippen LogP contribution in [0.15, 0.2) is 54.6 Å². The topological polar surface area (TPSA) is 46.5 Å². The molecule has 3 rings (SSSR count). The van der Waals surface area contributed by atoms with Gasteiger partial charge in [-0.3, -0.25) is 0 Å². The van der Waals surface area contributed by atoms with Crippen molar-refractivity contribution in [3.63, 3.8) is 0 Å². The van der Waals surface area contributed by atoms with Crippen LogP contribution >= 0.6 is 0 Å². The third-order valence-corrected chi connectivity index (χ3v) is 4.15. The fraction of sp³-hybridized carbons (Fsp3) is 0.278. The molecule has 0 amide bonds. The molecular weight excluding hydrogens is 264 g/mol.